The molecular weight excluding hydrogens is 246 g/mol. The van der Waals surface area contributed by atoms with E-state index in [1.54, 1.807) is 12.1 Å². The molecule has 19 heavy (non-hydrogen) atoms. The number of hydrogen-bond acceptors (Lipinski definition) is 4. The van der Waals surface area contributed by atoms with Crippen LogP contribution in [0.5, 0.6) is 0 Å². The van der Waals surface area contributed by atoms with Crippen molar-refractivity contribution in [3.63, 3.8) is 0 Å². The average molecular weight is 257 g/mol. The van der Waals surface area contributed by atoms with E-state index >= 15 is 0 Å². The number of non-ortho nitro benzene ring substituents is 1. The second kappa shape index (κ2) is 4.24. The van der Waals surface area contributed by atoms with Crippen LogP contribution in [0.4, 0.5) is 5.69 Å². The summed E-state index contributed by atoms with van der Waals surface area (Å²) in [7, 11) is 0. The van der Waals surface area contributed by atoms with Crippen LogP contribution in [0.15, 0.2) is 41.1 Å². The van der Waals surface area contributed by atoms with Crippen molar-refractivity contribution in [2.75, 3.05) is 0 Å². The van der Waals surface area contributed by atoms with Crippen molar-refractivity contribution in [3.05, 3.63) is 58.1 Å². The molecule has 0 saturated carbocycles. The summed E-state index contributed by atoms with van der Waals surface area (Å²) in [5, 5.41) is 15.6. The van der Waals surface area contributed by atoms with Crippen LogP contribution in [0, 0.1) is 17.0 Å². The van der Waals surface area contributed by atoms with Crippen LogP contribution in [0.25, 0.3) is 10.9 Å². The molecule has 6 nitrogen and oxygen atoms in total. The highest BCUT2D eigenvalue weighted by atomic mass is 16.6. The molecule has 0 spiro atoms. The van der Waals surface area contributed by atoms with Crippen molar-refractivity contribution in [1.82, 2.24) is 9.72 Å². The van der Waals surface area contributed by atoms with Gasteiger partial charge in [0.15, 0.2) is 5.76 Å². The highest BCUT2D eigenvalue weighted by Crippen LogP contribution is 2.22. The van der Waals surface area contributed by atoms with Crippen LogP contribution in [0.1, 0.15) is 11.5 Å². The van der Waals surface area contributed by atoms with Gasteiger partial charge in [-0.1, -0.05) is 5.16 Å². The molecule has 0 unspecified atom stereocenters. The van der Waals surface area contributed by atoms with Crippen molar-refractivity contribution in [1.29, 1.82) is 0 Å². The molecule has 0 aliphatic heterocycles. The van der Waals surface area contributed by atoms with Gasteiger partial charge in [-0.2, -0.15) is 0 Å². The van der Waals surface area contributed by atoms with E-state index in [0.29, 0.717) is 6.54 Å². The zero-order valence-electron chi connectivity index (χ0n) is 10.2. The Kier molecular flexibility index (Phi) is 2.56. The number of nitro groups is 1. The molecule has 0 N–H and O–H groups in total. The maximum atomic E-state index is 10.8. The molecule has 0 amide bonds. The lowest BCUT2D eigenvalue weighted by molar-refractivity contribution is -0.384. The molecule has 3 rings (SSSR count). The van der Waals surface area contributed by atoms with E-state index in [-0.39, 0.29) is 5.69 Å². The Morgan fingerprint density at radius 3 is 2.89 bits per heavy atom. The minimum Gasteiger partial charge on any atom is -0.359 e. The van der Waals surface area contributed by atoms with Crippen molar-refractivity contribution in [2.24, 2.45) is 0 Å². The smallest absolute Gasteiger partial charge is 0.271 e. The fourth-order valence-corrected chi connectivity index (χ4v) is 2.08. The molecule has 2 aromatic heterocycles. The standard InChI is InChI=1S/C13H11N3O3/c1-9-6-12(19-14-9)8-15-5-4-10-2-3-11(16(17)18)7-13(10)15/h2-7H,8H2,1H3. The van der Waals surface area contributed by atoms with E-state index in [4.69, 9.17) is 4.52 Å². The number of aromatic nitrogens is 2. The Morgan fingerprint density at radius 1 is 1.37 bits per heavy atom. The number of hydrogen-bond donors (Lipinski definition) is 0. The van der Waals surface area contributed by atoms with Gasteiger partial charge in [0.25, 0.3) is 5.69 Å². The van der Waals surface area contributed by atoms with Crippen LogP contribution in [-0.4, -0.2) is 14.6 Å². The largest absolute Gasteiger partial charge is 0.359 e. The Hall–Kier alpha value is -2.63. The molecule has 0 aliphatic carbocycles. The first-order valence-electron chi connectivity index (χ1n) is 5.79. The first-order valence-corrected chi connectivity index (χ1v) is 5.79. The number of fused-ring (bicyclic) bond motifs is 1. The zero-order chi connectivity index (χ0) is 13.4. The minimum atomic E-state index is -0.393. The topological polar surface area (TPSA) is 74.1 Å². The lowest BCUT2D eigenvalue weighted by Gasteiger charge is -2.01. The van der Waals surface area contributed by atoms with Gasteiger partial charge in [0.1, 0.15) is 0 Å². The lowest BCUT2D eigenvalue weighted by atomic mass is 10.2. The predicted molar refractivity (Wildman–Crippen MR) is 68.9 cm³/mol. The Bertz CT molecular complexity index is 757. The molecule has 1 aromatic carbocycles. The molecule has 0 saturated heterocycles. The van der Waals surface area contributed by atoms with Gasteiger partial charge in [-0.25, -0.2) is 0 Å². The summed E-state index contributed by atoms with van der Waals surface area (Å²) >= 11 is 0. The van der Waals surface area contributed by atoms with Gasteiger partial charge in [-0.3, -0.25) is 10.1 Å². The third kappa shape index (κ3) is 2.08. The quantitative estimate of drug-likeness (QED) is 0.534. The summed E-state index contributed by atoms with van der Waals surface area (Å²) in [6, 6.07) is 8.59. The third-order valence-electron chi connectivity index (χ3n) is 2.97. The fourth-order valence-electron chi connectivity index (χ4n) is 2.08. The predicted octanol–water partition coefficient (Wildman–Crippen LogP) is 2.89. The number of nitro benzene ring substituents is 1. The maximum Gasteiger partial charge on any atom is 0.271 e. The summed E-state index contributed by atoms with van der Waals surface area (Å²) in [4.78, 5) is 10.4. The Labute approximate surface area is 108 Å². The van der Waals surface area contributed by atoms with E-state index in [9.17, 15) is 10.1 Å². The van der Waals surface area contributed by atoms with E-state index in [1.807, 2.05) is 29.8 Å². The number of nitrogens with zero attached hydrogens (tertiary/aromatic N) is 3. The molecule has 0 radical (unpaired) electrons. The van der Waals surface area contributed by atoms with E-state index < -0.39 is 4.92 Å². The maximum absolute atomic E-state index is 10.8. The summed E-state index contributed by atoms with van der Waals surface area (Å²) in [6.07, 6.45) is 1.88. The second-order valence-electron chi connectivity index (χ2n) is 4.38. The van der Waals surface area contributed by atoms with E-state index in [1.165, 1.54) is 6.07 Å². The van der Waals surface area contributed by atoms with Gasteiger partial charge in [-0.15, -0.1) is 0 Å². The first kappa shape index (κ1) is 11.5. The molecule has 96 valence electrons. The molecule has 2 heterocycles. The average Bonchev–Trinajstić information content (AvgIpc) is 2.96. The van der Waals surface area contributed by atoms with Crippen LogP contribution >= 0.6 is 0 Å². The van der Waals surface area contributed by atoms with Gasteiger partial charge in [0.2, 0.25) is 0 Å². The van der Waals surface area contributed by atoms with Crippen LogP contribution in [0.2, 0.25) is 0 Å². The second-order valence-corrected chi connectivity index (χ2v) is 4.38. The van der Waals surface area contributed by atoms with E-state index in [0.717, 1.165) is 22.4 Å². The van der Waals surface area contributed by atoms with Crippen molar-refractivity contribution in [2.45, 2.75) is 13.5 Å². The number of benzene rings is 1. The monoisotopic (exact) mass is 257 g/mol. The van der Waals surface area contributed by atoms with Crippen molar-refractivity contribution < 1.29 is 9.45 Å². The fraction of sp³-hybridized carbons (Fsp3) is 0.154. The summed E-state index contributed by atoms with van der Waals surface area (Å²) < 4.78 is 7.06. The van der Waals surface area contributed by atoms with Crippen molar-refractivity contribution in [3.8, 4) is 0 Å². The molecule has 0 fully saturated rings. The van der Waals surface area contributed by atoms with Crippen molar-refractivity contribution >= 4 is 16.6 Å². The first-order chi connectivity index (χ1) is 9.13. The summed E-state index contributed by atoms with van der Waals surface area (Å²) in [5.74, 6) is 0.724. The molecular formula is C13H11N3O3. The number of rotatable bonds is 3. The van der Waals surface area contributed by atoms with Gasteiger partial charge in [0.05, 0.1) is 22.7 Å². The normalized spacial score (nSPS) is 11.0. The Morgan fingerprint density at radius 2 is 2.21 bits per heavy atom. The van der Waals surface area contributed by atoms with E-state index in [2.05, 4.69) is 5.16 Å². The highest BCUT2D eigenvalue weighted by molar-refractivity contribution is 5.82. The highest BCUT2D eigenvalue weighted by Gasteiger charge is 2.10. The zero-order valence-corrected chi connectivity index (χ0v) is 10.2. The van der Waals surface area contributed by atoms with Gasteiger partial charge >= 0.3 is 0 Å². The molecule has 3 aromatic rings. The number of aryl methyl sites for hydroxylation is 1. The SMILES string of the molecule is Cc1cc(Cn2ccc3ccc([N+](=O)[O-])cc32)on1. The third-order valence-corrected chi connectivity index (χ3v) is 2.97. The van der Waals surface area contributed by atoms with Crippen LogP contribution in [0.3, 0.4) is 0 Å². The Balaban J connectivity index is 2.03. The summed E-state index contributed by atoms with van der Waals surface area (Å²) in [6.45, 7) is 2.36. The minimum absolute atomic E-state index is 0.0844. The molecule has 0 bridgehead atoms. The molecule has 0 aliphatic rings. The molecule has 0 atom stereocenters. The van der Waals surface area contributed by atoms with Crippen LogP contribution in [-0.2, 0) is 6.54 Å². The summed E-state index contributed by atoms with van der Waals surface area (Å²) in [5.41, 5.74) is 1.71. The van der Waals surface area contributed by atoms with Gasteiger partial charge in [-0.05, 0) is 19.1 Å². The molecule has 6 heteroatoms. The van der Waals surface area contributed by atoms with Gasteiger partial charge < -0.3 is 9.09 Å². The lowest BCUT2D eigenvalue weighted by Crippen LogP contribution is -1.97. The van der Waals surface area contributed by atoms with Gasteiger partial charge in [0, 0.05) is 29.8 Å². The van der Waals surface area contributed by atoms with Crippen LogP contribution < -0.4 is 0 Å².